The molecule has 3 aliphatic carbocycles. The Labute approximate surface area is 231 Å². The molecule has 0 spiro atoms. The van der Waals surface area contributed by atoms with E-state index in [1.54, 1.807) is 12.4 Å². The van der Waals surface area contributed by atoms with Crippen LogP contribution >= 0.6 is 11.3 Å². The molecule has 2 bridgehead atoms. The maximum absolute atomic E-state index is 14.0. The van der Waals surface area contributed by atoms with E-state index in [9.17, 15) is 4.79 Å². The number of thiazole rings is 1. The first-order valence-electron chi connectivity index (χ1n) is 13.2. The molecule has 0 aliphatic heterocycles. The molecular weight excluding hydrogens is 500 g/mol. The quantitative estimate of drug-likeness (QED) is 0.273. The standard InChI is InChI=1S/C33H28N4OS/c1-32(20-33(34)27-8-4-2-6-25(27)29(32)26-7-3-5-9-28(26)33)30(38)37-31-36-24(19-39-31)18-21-10-12-22(13-11-21)23-14-16-35-17-15-23/h2-17,19,29H,18,20,34H2,1H3,(H,36,37,38). The number of anilines is 1. The highest BCUT2D eigenvalue weighted by Crippen LogP contribution is 2.61. The van der Waals surface area contributed by atoms with Crippen molar-refractivity contribution in [2.75, 3.05) is 5.32 Å². The Kier molecular flexibility index (Phi) is 5.51. The largest absolute Gasteiger partial charge is 0.318 e. The number of hydrogen-bond acceptors (Lipinski definition) is 5. The molecule has 3 aliphatic rings. The van der Waals surface area contributed by atoms with Crippen LogP contribution in [0.3, 0.4) is 0 Å². The van der Waals surface area contributed by atoms with Crippen molar-refractivity contribution in [2.24, 2.45) is 11.1 Å². The summed E-state index contributed by atoms with van der Waals surface area (Å²) in [6.45, 7) is 2.05. The molecule has 1 unspecified atom stereocenters. The van der Waals surface area contributed by atoms with Crippen LogP contribution in [0.5, 0.6) is 0 Å². The number of amides is 1. The van der Waals surface area contributed by atoms with Crippen LogP contribution in [0.25, 0.3) is 11.1 Å². The fourth-order valence-corrected chi connectivity index (χ4v) is 7.35. The topological polar surface area (TPSA) is 80.9 Å². The van der Waals surface area contributed by atoms with Crippen LogP contribution in [0.2, 0.25) is 0 Å². The van der Waals surface area contributed by atoms with Crippen LogP contribution < -0.4 is 11.1 Å². The number of nitrogens with two attached hydrogens (primary N) is 1. The molecule has 8 rings (SSSR count). The second-order valence-electron chi connectivity index (χ2n) is 10.9. The number of nitrogens with zero attached hydrogens (tertiary/aromatic N) is 2. The zero-order chi connectivity index (χ0) is 26.6. The average Bonchev–Trinajstić information content (AvgIpc) is 3.40. The Morgan fingerprint density at radius 1 is 0.923 bits per heavy atom. The molecule has 2 aromatic heterocycles. The van der Waals surface area contributed by atoms with E-state index < -0.39 is 11.0 Å². The zero-order valence-electron chi connectivity index (χ0n) is 21.6. The molecule has 0 saturated carbocycles. The van der Waals surface area contributed by atoms with Gasteiger partial charge in [0.25, 0.3) is 0 Å². The highest BCUT2D eigenvalue weighted by Gasteiger charge is 2.59. The smallest absolute Gasteiger partial charge is 0.233 e. The van der Waals surface area contributed by atoms with Gasteiger partial charge in [-0.25, -0.2) is 4.98 Å². The van der Waals surface area contributed by atoms with E-state index >= 15 is 0 Å². The van der Waals surface area contributed by atoms with Gasteiger partial charge in [-0.1, -0.05) is 72.8 Å². The minimum absolute atomic E-state index is 0.0334. The molecular formula is C33H28N4OS. The lowest BCUT2D eigenvalue weighted by Crippen LogP contribution is -2.57. The van der Waals surface area contributed by atoms with Crippen LogP contribution in [-0.4, -0.2) is 15.9 Å². The minimum atomic E-state index is -0.704. The number of rotatable bonds is 5. The van der Waals surface area contributed by atoms with Crippen LogP contribution in [0.4, 0.5) is 5.13 Å². The molecule has 39 heavy (non-hydrogen) atoms. The van der Waals surface area contributed by atoms with Crippen LogP contribution in [0.1, 0.15) is 52.8 Å². The van der Waals surface area contributed by atoms with Crippen LogP contribution in [0.15, 0.2) is 103 Å². The maximum atomic E-state index is 14.0. The third kappa shape index (κ3) is 3.82. The summed E-state index contributed by atoms with van der Waals surface area (Å²) in [7, 11) is 0. The molecule has 192 valence electrons. The Morgan fingerprint density at radius 3 is 2.21 bits per heavy atom. The number of hydrogen-bond donors (Lipinski definition) is 2. The van der Waals surface area contributed by atoms with Crippen molar-refractivity contribution in [3.8, 4) is 11.1 Å². The highest BCUT2D eigenvalue weighted by atomic mass is 32.1. The first-order chi connectivity index (χ1) is 19.0. The summed E-state index contributed by atoms with van der Waals surface area (Å²) >= 11 is 1.47. The first kappa shape index (κ1) is 23.9. The van der Waals surface area contributed by atoms with Gasteiger partial charge in [-0.15, -0.1) is 11.3 Å². The highest BCUT2D eigenvalue weighted by molar-refractivity contribution is 7.13. The number of pyridine rings is 1. The number of aromatic nitrogens is 2. The number of fused-ring (bicyclic) bond motifs is 1. The van der Waals surface area contributed by atoms with Crippen LogP contribution in [0, 0.1) is 5.41 Å². The Bertz CT molecular complexity index is 1650. The number of nitrogens with one attached hydrogen (secondary N) is 1. The fourth-order valence-electron chi connectivity index (χ4n) is 6.65. The normalized spacial score (nSPS) is 22.7. The second-order valence-corrected chi connectivity index (χ2v) is 11.7. The molecule has 0 fully saturated rings. The lowest BCUT2D eigenvalue weighted by atomic mass is 9.49. The molecule has 6 heteroatoms. The first-order valence-corrected chi connectivity index (χ1v) is 14.1. The van der Waals surface area contributed by atoms with Gasteiger partial charge in [-0.2, -0.15) is 0 Å². The van der Waals surface area contributed by atoms with E-state index in [0.29, 0.717) is 18.0 Å². The van der Waals surface area contributed by atoms with E-state index in [1.165, 1.54) is 16.9 Å². The van der Waals surface area contributed by atoms with Gasteiger partial charge >= 0.3 is 0 Å². The third-order valence-corrected chi connectivity index (χ3v) is 9.24. The molecule has 0 saturated heterocycles. The monoisotopic (exact) mass is 528 g/mol. The molecule has 3 aromatic carbocycles. The van der Waals surface area contributed by atoms with E-state index in [1.807, 2.05) is 41.8 Å². The van der Waals surface area contributed by atoms with Gasteiger partial charge in [-0.05, 0) is 64.4 Å². The van der Waals surface area contributed by atoms with Crippen LogP contribution in [-0.2, 0) is 16.8 Å². The van der Waals surface area contributed by atoms with E-state index in [4.69, 9.17) is 10.7 Å². The van der Waals surface area contributed by atoms with Crippen molar-refractivity contribution < 1.29 is 4.79 Å². The van der Waals surface area contributed by atoms with Gasteiger partial charge in [0.05, 0.1) is 16.6 Å². The Balaban J connectivity index is 1.12. The number of carbonyl (C=O) groups excluding carboxylic acids is 1. The number of benzene rings is 3. The zero-order valence-corrected chi connectivity index (χ0v) is 22.4. The van der Waals surface area contributed by atoms with E-state index in [0.717, 1.165) is 39.1 Å². The molecule has 3 N–H and O–H groups in total. The minimum Gasteiger partial charge on any atom is -0.318 e. The van der Waals surface area contributed by atoms with Crippen molar-refractivity contribution in [1.29, 1.82) is 0 Å². The van der Waals surface area contributed by atoms with Gasteiger partial charge in [0, 0.05) is 30.1 Å². The van der Waals surface area contributed by atoms with E-state index in [-0.39, 0.29) is 11.8 Å². The second kappa shape index (κ2) is 8.97. The third-order valence-electron chi connectivity index (χ3n) is 8.43. The van der Waals surface area contributed by atoms with Crippen molar-refractivity contribution in [3.63, 3.8) is 0 Å². The van der Waals surface area contributed by atoms with E-state index in [2.05, 4.69) is 65.8 Å². The van der Waals surface area contributed by atoms with Gasteiger partial charge in [-0.3, -0.25) is 9.78 Å². The summed E-state index contributed by atoms with van der Waals surface area (Å²) in [5.41, 5.74) is 14.7. The molecule has 2 heterocycles. The Hall–Kier alpha value is -4.13. The summed E-state index contributed by atoms with van der Waals surface area (Å²) in [5, 5.41) is 5.81. The van der Waals surface area contributed by atoms with Gasteiger partial charge in [0.15, 0.2) is 5.13 Å². The summed E-state index contributed by atoms with van der Waals surface area (Å²) in [6, 6.07) is 29.2. The van der Waals surface area contributed by atoms with Crippen molar-refractivity contribution in [1.82, 2.24) is 9.97 Å². The van der Waals surface area contributed by atoms with Crippen molar-refractivity contribution in [2.45, 2.75) is 31.2 Å². The summed E-state index contributed by atoms with van der Waals surface area (Å²) in [4.78, 5) is 22.8. The van der Waals surface area contributed by atoms with Crippen molar-refractivity contribution in [3.05, 3.63) is 136 Å². The predicted molar refractivity (Wildman–Crippen MR) is 156 cm³/mol. The van der Waals surface area contributed by atoms with Gasteiger partial charge < -0.3 is 11.1 Å². The molecule has 1 amide bonds. The summed E-state index contributed by atoms with van der Waals surface area (Å²) in [6.07, 6.45) is 4.86. The molecule has 1 atom stereocenters. The lowest BCUT2D eigenvalue weighted by molar-refractivity contribution is -0.127. The summed E-state index contributed by atoms with van der Waals surface area (Å²) in [5.74, 6) is -0.0948. The van der Waals surface area contributed by atoms with Gasteiger partial charge in [0.2, 0.25) is 5.91 Å². The predicted octanol–water partition coefficient (Wildman–Crippen LogP) is 6.49. The lowest BCUT2D eigenvalue weighted by Gasteiger charge is -2.55. The number of carbonyl (C=O) groups is 1. The summed E-state index contributed by atoms with van der Waals surface area (Å²) < 4.78 is 0. The Morgan fingerprint density at radius 2 is 1.54 bits per heavy atom. The molecule has 0 radical (unpaired) electrons. The van der Waals surface area contributed by atoms with Crippen molar-refractivity contribution >= 4 is 22.4 Å². The molecule has 5 aromatic rings. The maximum Gasteiger partial charge on any atom is 0.233 e. The average molecular weight is 529 g/mol. The SMILES string of the molecule is CC1(C(=O)Nc2nc(Cc3ccc(-c4ccncc4)cc3)cs2)CC2(N)c3ccccc3C1c1ccccc12. The molecule has 5 nitrogen and oxygen atoms in total. The van der Waals surface area contributed by atoms with Gasteiger partial charge in [0.1, 0.15) is 0 Å². The fraction of sp³-hybridized carbons (Fsp3) is 0.182.